The summed E-state index contributed by atoms with van der Waals surface area (Å²) < 4.78 is 0. The zero-order valence-electron chi connectivity index (χ0n) is 30.5. The molecule has 0 atom stereocenters. The van der Waals surface area contributed by atoms with Gasteiger partial charge in [-0.2, -0.15) is 0 Å². The van der Waals surface area contributed by atoms with Crippen LogP contribution in [0.1, 0.15) is 12.5 Å². The molecule has 0 radical (unpaired) electrons. The summed E-state index contributed by atoms with van der Waals surface area (Å²) in [5.74, 6) is 0. The highest BCUT2D eigenvalue weighted by Gasteiger charge is 2.18. The van der Waals surface area contributed by atoms with Crippen LogP contribution in [0.25, 0.3) is 105 Å². The molecule has 10 aromatic rings. The van der Waals surface area contributed by atoms with E-state index in [1.54, 1.807) is 0 Å². The van der Waals surface area contributed by atoms with Crippen LogP contribution in [0.15, 0.2) is 187 Å². The standard InChI is InChI=1S/C53H36N2/c1-3-10-38-23-24-39-28-30-49(55-53(39)52(38)54-2)37-21-17-36(18-22-37)42-27-29-47-48(33-42)51(44-26-20-35-12-5-7-14-41(35)32-44)46-16-9-8-15-45(46)50(47)43-25-19-34-11-4-6-13-40(34)31-43/h3-33H,2H2,1H3/b10-3-. The number of pyridine rings is 1. The number of nitrogens with zero attached hydrogens (tertiary/aromatic N) is 2. The van der Waals surface area contributed by atoms with Gasteiger partial charge in [-0.05, 0) is 114 Å². The van der Waals surface area contributed by atoms with E-state index in [1.165, 1.54) is 70.9 Å². The Labute approximate surface area is 320 Å². The number of rotatable bonds is 6. The molecule has 0 unspecified atom stereocenters. The molecule has 10 rings (SSSR count). The summed E-state index contributed by atoms with van der Waals surface area (Å²) in [6.45, 7) is 5.87. The van der Waals surface area contributed by atoms with Crippen LogP contribution in [-0.2, 0) is 0 Å². The van der Waals surface area contributed by atoms with Gasteiger partial charge < -0.3 is 0 Å². The Balaban J connectivity index is 1.16. The summed E-state index contributed by atoms with van der Waals surface area (Å²) in [7, 11) is 0. The molecule has 1 aromatic heterocycles. The van der Waals surface area contributed by atoms with Gasteiger partial charge in [0.2, 0.25) is 0 Å². The average Bonchev–Trinajstić information content (AvgIpc) is 3.25. The number of hydrogen-bond donors (Lipinski definition) is 0. The van der Waals surface area contributed by atoms with Crippen LogP contribution in [0.4, 0.5) is 5.69 Å². The number of aromatic nitrogens is 1. The number of allylic oxidation sites excluding steroid dienone is 1. The minimum Gasteiger partial charge on any atom is -0.262 e. The molecule has 1 heterocycles. The van der Waals surface area contributed by atoms with Crippen molar-refractivity contribution >= 4 is 72.5 Å². The van der Waals surface area contributed by atoms with E-state index in [1.807, 2.05) is 13.0 Å². The Hall–Kier alpha value is -7.16. The second-order valence-corrected chi connectivity index (χ2v) is 14.2. The van der Waals surface area contributed by atoms with E-state index in [0.29, 0.717) is 0 Å². The van der Waals surface area contributed by atoms with E-state index in [2.05, 4.69) is 194 Å². The van der Waals surface area contributed by atoms with Crippen molar-refractivity contribution in [2.75, 3.05) is 0 Å². The van der Waals surface area contributed by atoms with Crippen molar-refractivity contribution in [3.05, 3.63) is 188 Å². The maximum absolute atomic E-state index is 5.09. The van der Waals surface area contributed by atoms with Crippen LogP contribution in [0, 0.1) is 0 Å². The van der Waals surface area contributed by atoms with Crippen molar-refractivity contribution in [2.45, 2.75) is 6.92 Å². The molecule has 9 aromatic carbocycles. The van der Waals surface area contributed by atoms with Gasteiger partial charge in [0.25, 0.3) is 0 Å². The van der Waals surface area contributed by atoms with Gasteiger partial charge in [-0.15, -0.1) is 0 Å². The topological polar surface area (TPSA) is 25.2 Å². The van der Waals surface area contributed by atoms with Crippen molar-refractivity contribution in [2.24, 2.45) is 4.99 Å². The fourth-order valence-corrected chi connectivity index (χ4v) is 8.33. The lowest BCUT2D eigenvalue weighted by Crippen LogP contribution is -1.92. The predicted octanol–water partition coefficient (Wildman–Crippen LogP) is 14.9. The monoisotopic (exact) mass is 700 g/mol. The number of fused-ring (bicyclic) bond motifs is 5. The van der Waals surface area contributed by atoms with Gasteiger partial charge in [-0.25, -0.2) is 4.98 Å². The highest BCUT2D eigenvalue weighted by atomic mass is 14.8. The summed E-state index contributed by atoms with van der Waals surface area (Å²) in [4.78, 5) is 9.46. The molecule has 0 N–H and O–H groups in total. The van der Waals surface area contributed by atoms with Crippen molar-refractivity contribution in [3.63, 3.8) is 0 Å². The maximum Gasteiger partial charge on any atom is 0.0971 e. The first-order valence-electron chi connectivity index (χ1n) is 18.8. The Morgan fingerprint density at radius 2 is 0.945 bits per heavy atom. The molecular weight excluding hydrogens is 665 g/mol. The van der Waals surface area contributed by atoms with E-state index >= 15 is 0 Å². The van der Waals surface area contributed by atoms with E-state index < -0.39 is 0 Å². The molecule has 258 valence electrons. The molecule has 0 spiro atoms. The first kappa shape index (κ1) is 32.5. The molecule has 0 fully saturated rings. The third kappa shape index (κ3) is 5.59. The van der Waals surface area contributed by atoms with Crippen LogP contribution >= 0.6 is 0 Å². The van der Waals surface area contributed by atoms with E-state index in [0.717, 1.165) is 39.0 Å². The van der Waals surface area contributed by atoms with Crippen LogP contribution in [-0.4, -0.2) is 11.7 Å². The third-order valence-electron chi connectivity index (χ3n) is 11.0. The van der Waals surface area contributed by atoms with Crippen LogP contribution in [0.3, 0.4) is 0 Å². The second kappa shape index (κ2) is 13.4. The second-order valence-electron chi connectivity index (χ2n) is 14.2. The summed E-state index contributed by atoms with van der Waals surface area (Å²) in [5, 5.41) is 11.0. The Kier molecular flexibility index (Phi) is 7.89. The largest absolute Gasteiger partial charge is 0.262 e. The van der Waals surface area contributed by atoms with E-state index in [4.69, 9.17) is 4.98 Å². The lowest BCUT2D eigenvalue weighted by molar-refractivity contribution is 1.38. The summed E-state index contributed by atoms with van der Waals surface area (Å²) in [6.07, 6.45) is 4.07. The number of aliphatic imine (C=N–C) groups is 1. The van der Waals surface area contributed by atoms with Gasteiger partial charge in [0.1, 0.15) is 0 Å². The molecule has 0 aliphatic rings. The molecule has 0 saturated heterocycles. The Morgan fingerprint density at radius 3 is 1.58 bits per heavy atom. The molecule has 0 amide bonds. The quantitative estimate of drug-likeness (QED) is 0.125. The van der Waals surface area contributed by atoms with Crippen molar-refractivity contribution in [3.8, 4) is 44.6 Å². The number of benzene rings is 9. The van der Waals surface area contributed by atoms with Gasteiger partial charge in [-0.1, -0.05) is 164 Å². The molecular formula is C53H36N2. The molecule has 0 bridgehead atoms. The summed E-state index contributed by atoms with van der Waals surface area (Å²) in [6, 6.07) is 64.1. The highest BCUT2D eigenvalue weighted by molar-refractivity contribution is 6.22. The lowest BCUT2D eigenvalue weighted by Gasteiger charge is -2.19. The Morgan fingerprint density at radius 1 is 0.436 bits per heavy atom. The summed E-state index contributed by atoms with van der Waals surface area (Å²) in [5.41, 5.74) is 11.9. The Bertz CT molecular complexity index is 3170. The first-order chi connectivity index (χ1) is 27.2. The van der Waals surface area contributed by atoms with Gasteiger partial charge in [0.15, 0.2) is 0 Å². The molecule has 0 aliphatic heterocycles. The number of hydrogen-bond acceptors (Lipinski definition) is 2. The predicted molar refractivity (Wildman–Crippen MR) is 237 cm³/mol. The molecule has 2 nitrogen and oxygen atoms in total. The van der Waals surface area contributed by atoms with Gasteiger partial charge in [-0.3, -0.25) is 4.99 Å². The average molecular weight is 701 g/mol. The van der Waals surface area contributed by atoms with E-state index in [9.17, 15) is 0 Å². The normalized spacial score (nSPS) is 11.7. The first-order valence-corrected chi connectivity index (χ1v) is 18.8. The fourth-order valence-electron chi connectivity index (χ4n) is 8.33. The molecule has 0 saturated carbocycles. The van der Waals surface area contributed by atoms with Crippen molar-refractivity contribution < 1.29 is 0 Å². The molecule has 2 heteroatoms. The summed E-state index contributed by atoms with van der Waals surface area (Å²) >= 11 is 0. The van der Waals surface area contributed by atoms with Crippen LogP contribution < -0.4 is 0 Å². The zero-order chi connectivity index (χ0) is 36.9. The molecule has 55 heavy (non-hydrogen) atoms. The van der Waals surface area contributed by atoms with Crippen LogP contribution in [0.5, 0.6) is 0 Å². The minimum absolute atomic E-state index is 0.808. The van der Waals surface area contributed by atoms with Gasteiger partial charge >= 0.3 is 0 Å². The highest BCUT2D eigenvalue weighted by Crippen LogP contribution is 2.46. The van der Waals surface area contributed by atoms with E-state index in [-0.39, 0.29) is 0 Å². The van der Waals surface area contributed by atoms with Crippen molar-refractivity contribution in [1.29, 1.82) is 0 Å². The maximum atomic E-state index is 5.09. The SMILES string of the molecule is C=Nc1c(/C=C\C)ccc2ccc(-c3ccc(-c4ccc5c(-c6ccc7ccccc7c6)c6ccccc6c(-c6ccc7ccccc7c6)c5c4)cc3)nc12. The zero-order valence-corrected chi connectivity index (χ0v) is 30.5. The van der Waals surface area contributed by atoms with Crippen molar-refractivity contribution in [1.82, 2.24) is 4.98 Å². The lowest BCUT2D eigenvalue weighted by atomic mass is 9.84. The molecule has 0 aliphatic carbocycles. The van der Waals surface area contributed by atoms with Gasteiger partial charge in [0, 0.05) is 16.5 Å². The van der Waals surface area contributed by atoms with Crippen LogP contribution in [0.2, 0.25) is 0 Å². The smallest absolute Gasteiger partial charge is 0.0971 e. The third-order valence-corrected chi connectivity index (χ3v) is 11.0. The van der Waals surface area contributed by atoms with Gasteiger partial charge in [0.05, 0.1) is 16.9 Å². The minimum atomic E-state index is 0.808. The fraction of sp³-hybridized carbons (Fsp3) is 0.0189.